The van der Waals surface area contributed by atoms with Gasteiger partial charge in [-0.25, -0.2) is 0 Å². The van der Waals surface area contributed by atoms with Crippen molar-refractivity contribution in [3.63, 3.8) is 0 Å². The van der Waals surface area contributed by atoms with E-state index in [1.54, 1.807) is 12.1 Å². The number of amides is 1. The summed E-state index contributed by atoms with van der Waals surface area (Å²) in [5, 5.41) is 0. The summed E-state index contributed by atoms with van der Waals surface area (Å²) in [6.07, 6.45) is -4.90. The van der Waals surface area contributed by atoms with Crippen LogP contribution in [0.4, 0.5) is 18.9 Å². The number of anilines is 1. The molecule has 4 nitrogen and oxygen atoms in total. The lowest BCUT2D eigenvalue weighted by molar-refractivity contribution is -0.170. The minimum atomic E-state index is -4.90. The number of alkyl halides is 3. The van der Waals surface area contributed by atoms with Crippen LogP contribution in [0, 0.1) is 0 Å². The number of benzene rings is 1. The first-order valence-electron chi connectivity index (χ1n) is 7.73. The van der Waals surface area contributed by atoms with Gasteiger partial charge in [0.2, 0.25) is 0 Å². The SMILES string of the molecule is CCN(C(=O)C(F)(F)F)c1ccc(B2OC(C)(C)C(C)(C)O2)cc1. The van der Waals surface area contributed by atoms with E-state index in [0.717, 1.165) is 0 Å². The maximum Gasteiger partial charge on any atom is 0.494 e. The van der Waals surface area contributed by atoms with Crippen molar-refractivity contribution in [2.75, 3.05) is 11.4 Å². The number of carbonyl (C=O) groups is 1. The van der Waals surface area contributed by atoms with Crippen LogP contribution in [-0.2, 0) is 14.1 Å². The molecule has 8 heteroatoms. The average Bonchev–Trinajstić information content (AvgIpc) is 2.68. The first kappa shape index (κ1) is 18.8. The lowest BCUT2D eigenvalue weighted by Crippen LogP contribution is -2.41. The molecule has 1 saturated heterocycles. The molecule has 2 rings (SSSR count). The Labute approximate surface area is 140 Å². The Bertz CT molecular complexity index is 598. The third-order valence-corrected chi connectivity index (χ3v) is 4.53. The standard InChI is InChI=1S/C16H21BF3NO3/c1-6-21(13(22)16(18,19)20)12-9-7-11(8-10-12)17-23-14(2,3)15(4,5)24-17/h7-10H,6H2,1-5H3. The number of nitrogens with zero attached hydrogens (tertiary/aromatic N) is 1. The molecule has 0 N–H and O–H groups in total. The van der Waals surface area contributed by atoms with Gasteiger partial charge in [-0.2, -0.15) is 13.2 Å². The largest absolute Gasteiger partial charge is 0.494 e. The van der Waals surface area contributed by atoms with Gasteiger partial charge in [0.05, 0.1) is 11.2 Å². The summed E-state index contributed by atoms with van der Waals surface area (Å²) in [5.41, 5.74) is -0.135. The highest BCUT2D eigenvalue weighted by Crippen LogP contribution is 2.36. The molecule has 0 aliphatic carbocycles. The molecule has 1 heterocycles. The maximum atomic E-state index is 12.6. The van der Waals surface area contributed by atoms with Crippen LogP contribution in [0.15, 0.2) is 24.3 Å². The van der Waals surface area contributed by atoms with Crippen molar-refractivity contribution in [3.8, 4) is 0 Å². The molecular weight excluding hydrogens is 322 g/mol. The monoisotopic (exact) mass is 343 g/mol. The van der Waals surface area contributed by atoms with Crippen molar-refractivity contribution < 1.29 is 27.3 Å². The third kappa shape index (κ3) is 3.44. The van der Waals surface area contributed by atoms with Crippen LogP contribution in [0.1, 0.15) is 34.6 Å². The topological polar surface area (TPSA) is 38.8 Å². The second-order valence-electron chi connectivity index (χ2n) is 6.73. The Morgan fingerprint density at radius 1 is 1.08 bits per heavy atom. The Balaban J connectivity index is 2.21. The Kier molecular flexibility index (Phi) is 4.76. The van der Waals surface area contributed by atoms with Crippen LogP contribution in [0.25, 0.3) is 0 Å². The Morgan fingerprint density at radius 2 is 1.54 bits per heavy atom. The van der Waals surface area contributed by atoms with Crippen LogP contribution in [0.5, 0.6) is 0 Å². The Hall–Kier alpha value is -1.54. The first-order valence-corrected chi connectivity index (χ1v) is 7.73. The van der Waals surface area contributed by atoms with Crippen LogP contribution < -0.4 is 10.4 Å². The van der Waals surface area contributed by atoms with E-state index in [2.05, 4.69) is 0 Å². The quantitative estimate of drug-likeness (QED) is 0.793. The van der Waals surface area contributed by atoms with E-state index in [0.29, 0.717) is 10.4 Å². The second kappa shape index (κ2) is 6.08. The van der Waals surface area contributed by atoms with E-state index < -0.39 is 30.4 Å². The molecule has 0 saturated carbocycles. The molecule has 0 aromatic heterocycles. The lowest BCUT2D eigenvalue weighted by Gasteiger charge is -2.32. The molecule has 0 spiro atoms. The summed E-state index contributed by atoms with van der Waals surface area (Å²) in [4.78, 5) is 12.1. The molecule has 0 atom stereocenters. The van der Waals surface area contributed by atoms with Gasteiger partial charge in [-0.15, -0.1) is 0 Å². The predicted octanol–water partition coefficient (Wildman–Crippen LogP) is 2.90. The zero-order valence-electron chi connectivity index (χ0n) is 14.4. The number of halogens is 3. The number of hydrogen-bond donors (Lipinski definition) is 0. The molecule has 1 aromatic carbocycles. The Morgan fingerprint density at radius 3 is 1.92 bits per heavy atom. The maximum absolute atomic E-state index is 12.6. The van der Waals surface area contributed by atoms with Gasteiger partial charge >= 0.3 is 19.2 Å². The molecule has 24 heavy (non-hydrogen) atoms. The first-order chi connectivity index (χ1) is 10.9. The van der Waals surface area contributed by atoms with Gasteiger partial charge < -0.3 is 14.2 Å². The average molecular weight is 343 g/mol. The minimum absolute atomic E-state index is 0.0752. The van der Waals surface area contributed by atoms with Crippen molar-refractivity contribution in [1.29, 1.82) is 0 Å². The normalized spacial score (nSPS) is 19.4. The third-order valence-electron chi connectivity index (χ3n) is 4.53. The molecule has 1 aliphatic rings. The summed E-state index contributed by atoms with van der Waals surface area (Å²) >= 11 is 0. The highest BCUT2D eigenvalue weighted by atomic mass is 19.4. The molecule has 0 radical (unpaired) electrons. The van der Waals surface area contributed by atoms with Crippen molar-refractivity contribution in [3.05, 3.63) is 24.3 Å². The van der Waals surface area contributed by atoms with Crippen LogP contribution in [0.3, 0.4) is 0 Å². The summed E-state index contributed by atoms with van der Waals surface area (Å²) in [6, 6.07) is 6.16. The zero-order chi connectivity index (χ0) is 18.3. The van der Waals surface area contributed by atoms with Gasteiger partial charge in [0.25, 0.3) is 0 Å². The fourth-order valence-electron chi connectivity index (χ4n) is 2.39. The molecule has 1 amide bonds. The van der Waals surface area contributed by atoms with Crippen molar-refractivity contribution in [1.82, 2.24) is 0 Å². The van der Waals surface area contributed by atoms with Crippen molar-refractivity contribution in [2.24, 2.45) is 0 Å². The van der Waals surface area contributed by atoms with Crippen LogP contribution in [-0.4, -0.2) is 36.9 Å². The molecule has 1 aliphatic heterocycles. The van der Waals surface area contributed by atoms with Crippen molar-refractivity contribution in [2.45, 2.75) is 52.0 Å². The molecule has 1 fully saturated rings. The van der Waals surface area contributed by atoms with E-state index >= 15 is 0 Å². The molecular formula is C16H21BF3NO3. The second-order valence-corrected chi connectivity index (χ2v) is 6.73. The fourth-order valence-corrected chi connectivity index (χ4v) is 2.39. The summed E-state index contributed by atoms with van der Waals surface area (Å²) in [5.74, 6) is -1.88. The van der Waals surface area contributed by atoms with Gasteiger partial charge in [0.15, 0.2) is 0 Å². The summed E-state index contributed by atoms with van der Waals surface area (Å²) < 4.78 is 49.7. The summed E-state index contributed by atoms with van der Waals surface area (Å²) in [6.45, 7) is 9.09. The number of rotatable bonds is 3. The van der Waals surface area contributed by atoms with Gasteiger partial charge in [-0.1, -0.05) is 12.1 Å². The van der Waals surface area contributed by atoms with E-state index in [4.69, 9.17) is 9.31 Å². The fraction of sp³-hybridized carbons (Fsp3) is 0.562. The minimum Gasteiger partial charge on any atom is -0.399 e. The van der Waals surface area contributed by atoms with Gasteiger partial charge in [-0.3, -0.25) is 4.79 Å². The lowest BCUT2D eigenvalue weighted by atomic mass is 9.79. The molecule has 0 unspecified atom stereocenters. The predicted molar refractivity (Wildman–Crippen MR) is 86.2 cm³/mol. The van der Waals surface area contributed by atoms with Crippen LogP contribution in [0.2, 0.25) is 0 Å². The van der Waals surface area contributed by atoms with Gasteiger partial charge in [-0.05, 0) is 52.2 Å². The highest BCUT2D eigenvalue weighted by Gasteiger charge is 2.51. The van der Waals surface area contributed by atoms with Crippen molar-refractivity contribution >= 4 is 24.2 Å². The zero-order valence-corrected chi connectivity index (χ0v) is 14.4. The van der Waals surface area contributed by atoms with Crippen LogP contribution >= 0.6 is 0 Å². The van der Waals surface area contributed by atoms with E-state index in [-0.39, 0.29) is 12.2 Å². The number of carbonyl (C=O) groups excluding carboxylic acids is 1. The summed E-state index contributed by atoms with van der Waals surface area (Å²) in [7, 11) is -0.600. The van der Waals surface area contributed by atoms with Gasteiger partial charge in [0, 0.05) is 12.2 Å². The number of hydrogen-bond acceptors (Lipinski definition) is 3. The molecule has 1 aromatic rings. The van der Waals surface area contributed by atoms with E-state index in [9.17, 15) is 18.0 Å². The van der Waals surface area contributed by atoms with E-state index in [1.165, 1.54) is 19.1 Å². The smallest absolute Gasteiger partial charge is 0.399 e. The molecule has 132 valence electrons. The molecule has 0 bridgehead atoms. The van der Waals surface area contributed by atoms with Gasteiger partial charge in [0.1, 0.15) is 0 Å². The highest BCUT2D eigenvalue weighted by molar-refractivity contribution is 6.62. The van der Waals surface area contributed by atoms with E-state index in [1.807, 2.05) is 27.7 Å².